The van der Waals surface area contributed by atoms with Crippen molar-refractivity contribution in [3.8, 4) is 0 Å². The second kappa shape index (κ2) is 5.04. The standard InChI is InChI=1S/C13H24FNO3S/c1-12(2,3)9-13(4,5)15-7-10(6-11(15)16)8-19(14,17)18/h10H,6-9H2,1-5H3. The molecule has 0 bridgehead atoms. The first kappa shape index (κ1) is 16.4. The van der Waals surface area contributed by atoms with Crippen LogP contribution in [-0.4, -0.2) is 37.1 Å². The van der Waals surface area contributed by atoms with Crippen molar-refractivity contribution < 1.29 is 17.1 Å². The number of carbonyl (C=O) groups excluding carboxylic acids is 1. The van der Waals surface area contributed by atoms with Gasteiger partial charge in [-0.05, 0) is 25.7 Å². The van der Waals surface area contributed by atoms with Gasteiger partial charge in [0, 0.05) is 24.4 Å². The van der Waals surface area contributed by atoms with Gasteiger partial charge in [0.15, 0.2) is 0 Å². The molecule has 0 spiro atoms. The summed E-state index contributed by atoms with van der Waals surface area (Å²) in [5.74, 6) is -1.06. The lowest BCUT2D eigenvalue weighted by molar-refractivity contribution is -0.133. The van der Waals surface area contributed by atoms with Crippen molar-refractivity contribution in [1.29, 1.82) is 0 Å². The molecule has 1 atom stereocenters. The van der Waals surface area contributed by atoms with Crippen LogP contribution < -0.4 is 0 Å². The Labute approximate surface area is 115 Å². The maximum atomic E-state index is 12.7. The van der Waals surface area contributed by atoms with E-state index in [2.05, 4.69) is 20.8 Å². The molecule has 1 aliphatic heterocycles. The Morgan fingerprint density at radius 3 is 2.21 bits per heavy atom. The molecule has 0 aromatic heterocycles. The maximum absolute atomic E-state index is 12.7. The van der Waals surface area contributed by atoms with E-state index in [4.69, 9.17) is 0 Å². The summed E-state index contributed by atoms with van der Waals surface area (Å²) in [6, 6.07) is 0. The molecule has 1 heterocycles. The van der Waals surface area contributed by atoms with Crippen molar-refractivity contribution >= 4 is 16.1 Å². The van der Waals surface area contributed by atoms with Gasteiger partial charge in [0.25, 0.3) is 0 Å². The van der Waals surface area contributed by atoms with E-state index in [1.807, 2.05) is 13.8 Å². The molecule has 0 N–H and O–H groups in total. The van der Waals surface area contributed by atoms with Crippen LogP contribution in [0.5, 0.6) is 0 Å². The van der Waals surface area contributed by atoms with Gasteiger partial charge in [0.2, 0.25) is 5.91 Å². The third kappa shape index (κ3) is 5.09. The number of hydrogen-bond donors (Lipinski definition) is 0. The molecule has 1 unspecified atom stereocenters. The Bertz CT molecular complexity index is 451. The van der Waals surface area contributed by atoms with Crippen LogP contribution in [0.25, 0.3) is 0 Å². The van der Waals surface area contributed by atoms with Gasteiger partial charge < -0.3 is 4.90 Å². The van der Waals surface area contributed by atoms with E-state index >= 15 is 0 Å². The van der Waals surface area contributed by atoms with E-state index in [0.29, 0.717) is 6.54 Å². The number of halogens is 1. The van der Waals surface area contributed by atoms with Crippen molar-refractivity contribution in [3.05, 3.63) is 0 Å². The molecule has 1 fully saturated rings. The fourth-order valence-electron chi connectivity index (χ4n) is 3.15. The minimum Gasteiger partial charge on any atom is -0.337 e. The number of carbonyl (C=O) groups is 1. The van der Waals surface area contributed by atoms with Crippen molar-refractivity contribution in [1.82, 2.24) is 4.90 Å². The predicted molar refractivity (Wildman–Crippen MR) is 72.9 cm³/mol. The van der Waals surface area contributed by atoms with Crippen molar-refractivity contribution in [3.63, 3.8) is 0 Å². The summed E-state index contributed by atoms with van der Waals surface area (Å²) in [4.78, 5) is 13.7. The number of nitrogens with zero attached hydrogens (tertiary/aromatic N) is 1. The fraction of sp³-hybridized carbons (Fsp3) is 0.923. The Morgan fingerprint density at radius 2 is 1.79 bits per heavy atom. The zero-order valence-corrected chi connectivity index (χ0v) is 13.2. The summed E-state index contributed by atoms with van der Waals surface area (Å²) in [6.07, 6.45) is 0.928. The highest BCUT2D eigenvalue weighted by Gasteiger charge is 2.41. The van der Waals surface area contributed by atoms with E-state index in [-0.39, 0.29) is 23.3 Å². The summed E-state index contributed by atoms with van der Waals surface area (Å²) >= 11 is 0. The molecule has 0 radical (unpaired) electrons. The third-order valence-electron chi connectivity index (χ3n) is 3.33. The second-order valence-corrected chi connectivity index (χ2v) is 8.74. The molecule has 1 rings (SSSR count). The molecular formula is C13H24FNO3S. The molecule has 0 aromatic rings. The summed E-state index contributed by atoms with van der Waals surface area (Å²) in [5.41, 5.74) is -0.280. The van der Waals surface area contributed by atoms with Crippen molar-refractivity contribution in [2.45, 2.75) is 53.0 Å². The average Bonchev–Trinajstić information content (AvgIpc) is 2.38. The lowest BCUT2D eigenvalue weighted by atomic mass is 9.81. The first-order valence-corrected chi connectivity index (χ1v) is 8.08. The largest absolute Gasteiger partial charge is 0.337 e. The molecule has 0 saturated carbocycles. The highest BCUT2D eigenvalue weighted by atomic mass is 32.3. The molecule has 0 aliphatic carbocycles. The summed E-state index contributed by atoms with van der Waals surface area (Å²) in [7, 11) is -4.51. The van der Waals surface area contributed by atoms with E-state index in [9.17, 15) is 17.1 Å². The van der Waals surface area contributed by atoms with Crippen LogP contribution in [0, 0.1) is 11.3 Å². The molecule has 0 aromatic carbocycles. The van der Waals surface area contributed by atoms with Gasteiger partial charge in [-0.2, -0.15) is 8.42 Å². The zero-order chi connectivity index (χ0) is 15.1. The van der Waals surface area contributed by atoms with Gasteiger partial charge in [0.05, 0.1) is 5.75 Å². The first-order valence-electron chi connectivity index (χ1n) is 6.53. The number of hydrogen-bond acceptors (Lipinski definition) is 3. The van der Waals surface area contributed by atoms with Gasteiger partial charge in [-0.3, -0.25) is 4.79 Å². The number of rotatable bonds is 4. The van der Waals surface area contributed by atoms with Crippen LogP contribution in [0.4, 0.5) is 3.89 Å². The third-order valence-corrected chi connectivity index (χ3v) is 4.20. The summed E-state index contributed by atoms with van der Waals surface area (Å²) in [5, 5.41) is 0. The van der Waals surface area contributed by atoms with E-state index < -0.39 is 21.9 Å². The highest BCUT2D eigenvalue weighted by molar-refractivity contribution is 7.86. The Hall–Kier alpha value is -0.650. The zero-order valence-electron chi connectivity index (χ0n) is 12.4. The normalized spacial score (nSPS) is 22.1. The highest BCUT2D eigenvalue weighted by Crippen LogP contribution is 2.35. The SMILES string of the molecule is CC(C)(C)CC(C)(C)N1CC(CS(=O)(=O)F)CC1=O. The molecular weight excluding hydrogens is 269 g/mol. The number of likely N-dealkylation sites (tertiary alicyclic amines) is 1. The van der Waals surface area contributed by atoms with Crippen LogP contribution >= 0.6 is 0 Å². The Morgan fingerprint density at radius 1 is 1.26 bits per heavy atom. The summed E-state index contributed by atoms with van der Waals surface area (Å²) < 4.78 is 34.1. The van der Waals surface area contributed by atoms with Crippen molar-refractivity contribution in [2.24, 2.45) is 11.3 Å². The molecule has 1 amide bonds. The fourth-order valence-corrected chi connectivity index (χ4v) is 3.94. The average molecular weight is 293 g/mol. The summed E-state index contributed by atoms with van der Waals surface area (Å²) in [6.45, 7) is 10.6. The molecule has 112 valence electrons. The predicted octanol–water partition coefficient (Wildman–Crippen LogP) is 2.35. The van der Waals surface area contributed by atoms with Gasteiger partial charge in [-0.25, -0.2) is 0 Å². The monoisotopic (exact) mass is 293 g/mol. The van der Waals surface area contributed by atoms with E-state index in [1.165, 1.54) is 0 Å². The lowest BCUT2D eigenvalue weighted by Crippen LogP contribution is -2.47. The van der Waals surface area contributed by atoms with E-state index in [1.54, 1.807) is 4.90 Å². The maximum Gasteiger partial charge on any atom is 0.302 e. The Balaban J connectivity index is 2.78. The molecule has 1 aliphatic rings. The molecule has 19 heavy (non-hydrogen) atoms. The lowest BCUT2D eigenvalue weighted by Gasteiger charge is -2.40. The Kier molecular flexibility index (Phi) is 4.35. The molecule has 4 nitrogen and oxygen atoms in total. The van der Waals surface area contributed by atoms with E-state index in [0.717, 1.165) is 6.42 Å². The van der Waals surface area contributed by atoms with Gasteiger partial charge in [-0.15, -0.1) is 3.89 Å². The molecule has 1 saturated heterocycles. The quantitative estimate of drug-likeness (QED) is 0.748. The topological polar surface area (TPSA) is 54.5 Å². The second-order valence-electron chi connectivity index (χ2n) is 7.33. The number of amides is 1. The molecule has 6 heteroatoms. The van der Waals surface area contributed by atoms with Crippen LogP contribution in [0.2, 0.25) is 0 Å². The van der Waals surface area contributed by atoms with Gasteiger partial charge >= 0.3 is 10.2 Å². The van der Waals surface area contributed by atoms with Crippen LogP contribution in [0.1, 0.15) is 47.5 Å². The van der Waals surface area contributed by atoms with Crippen molar-refractivity contribution in [2.75, 3.05) is 12.3 Å². The first-order chi connectivity index (χ1) is 8.30. The van der Waals surface area contributed by atoms with Gasteiger partial charge in [-0.1, -0.05) is 20.8 Å². The smallest absolute Gasteiger partial charge is 0.302 e. The van der Waals surface area contributed by atoms with Crippen LogP contribution in [0.3, 0.4) is 0 Å². The minimum absolute atomic E-state index is 0.0635. The van der Waals surface area contributed by atoms with Crippen LogP contribution in [0.15, 0.2) is 0 Å². The minimum atomic E-state index is -4.51. The van der Waals surface area contributed by atoms with Crippen LogP contribution in [-0.2, 0) is 15.0 Å². The van der Waals surface area contributed by atoms with Gasteiger partial charge in [0.1, 0.15) is 0 Å².